The molecule has 1 aromatic carbocycles. The molecule has 0 spiro atoms. The maximum atomic E-state index is 12.7. The summed E-state index contributed by atoms with van der Waals surface area (Å²) in [6.45, 7) is 8.60. The highest BCUT2D eigenvalue weighted by molar-refractivity contribution is 7.14. The summed E-state index contributed by atoms with van der Waals surface area (Å²) in [6, 6.07) is 10.3. The predicted molar refractivity (Wildman–Crippen MR) is 103 cm³/mol. The minimum absolute atomic E-state index is 0.192. The third-order valence-electron chi connectivity index (χ3n) is 4.84. The van der Waals surface area contributed by atoms with Crippen LogP contribution in [0.25, 0.3) is 0 Å². The first-order valence-electron chi connectivity index (χ1n) is 8.84. The largest absolute Gasteiger partial charge is 0.497 e. The molecule has 0 atom stereocenters. The third-order valence-corrected chi connectivity index (χ3v) is 5.92. The lowest BCUT2D eigenvalue weighted by molar-refractivity contribution is 0.0633. The van der Waals surface area contributed by atoms with E-state index in [1.807, 2.05) is 17.0 Å². The van der Waals surface area contributed by atoms with E-state index in [1.54, 1.807) is 18.4 Å². The van der Waals surface area contributed by atoms with Crippen molar-refractivity contribution >= 4 is 17.2 Å². The normalized spacial score (nSPS) is 15.4. The fraction of sp³-hybridized carbons (Fsp3) is 0.450. The molecule has 25 heavy (non-hydrogen) atoms. The lowest BCUT2D eigenvalue weighted by Gasteiger charge is -2.34. The van der Waals surface area contributed by atoms with Crippen LogP contribution in [0.5, 0.6) is 5.75 Å². The second-order valence-corrected chi connectivity index (χ2v) is 7.72. The molecule has 1 saturated heterocycles. The van der Waals surface area contributed by atoms with Crippen LogP contribution < -0.4 is 4.74 Å². The number of hydrogen-bond donors (Lipinski definition) is 0. The average molecular weight is 359 g/mol. The topological polar surface area (TPSA) is 32.8 Å². The number of piperazine rings is 1. The molecule has 1 fully saturated rings. The number of carbonyl (C=O) groups is 1. The number of ether oxygens (including phenoxy) is 1. The zero-order chi connectivity index (χ0) is 17.8. The van der Waals surface area contributed by atoms with Crippen LogP contribution in [0.2, 0.25) is 0 Å². The summed E-state index contributed by atoms with van der Waals surface area (Å²) in [4.78, 5) is 19.3. The maximum Gasteiger partial charge on any atom is 0.264 e. The molecule has 1 aliphatic rings. The number of rotatable bonds is 5. The maximum absolute atomic E-state index is 12.7. The number of hydrogen-bond acceptors (Lipinski definition) is 4. The minimum atomic E-state index is 0.192. The van der Waals surface area contributed by atoms with Gasteiger partial charge in [-0.15, -0.1) is 11.3 Å². The fourth-order valence-corrected chi connectivity index (χ4v) is 4.31. The standard InChI is InChI=1S/C20H26N2O2S/c1-4-17-13-19(25-15(17)2)20(23)22-11-9-21(10-12-22)14-16-5-7-18(24-3)8-6-16/h5-8,13H,4,9-12,14H2,1-3H3. The molecule has 0 radical (unpaired) electrons. The van der Waals surface area contributed by atoms with E-state index in [-0.39, 0.29) is 5.91 Å². The molecule has 0 saturated carbocycles. The van der Waals surface area contributed by atoms with E-state index in [2.05, 4.69) is 36.9 Å². The van der Waals surface area contributed by atoms with Gasteiger partial charge in [-0.1, -0.05) is 19.1 Å². The average Bonchev–Trinajstić information content (AvgIpc) is 3.03. The molecule has 1 aliphatic heterocycles. The predicted octanol–water partition coefficient (Wildman–Crippen LogP) is 3.59. The van der Waals surface area contributed by atoms with Gasteiger partial charge in [0.05, 0.1) is 12.0 Å². The molecule has 0 bridgehead atoms. The number of aryl methyl sites for hydroxylation is 2. The molecule has 3 rings (SSSR count). The summed E-state index contributed by atoms with van der Waals surface area (Å²) in [5.41, 5.74) is 2.58. The molecule has 4 nitrogen and oxygen atoms in total. The van der Waals surface area contributed by atoms with Crippen LogP contribution >= 0.6 is 11.3 Å². The van der Waals surface area contributed by atoms with E-state index in [0.29, 0.717) is 0 Å². The van der Waals surface area contributed by atoms with Crippen LogP contribution in [0.4, 0.5) is 0 Å². The van der Waals surface area contributed by atoms with Gasteiger partial charge in [0, 0.05) is 37.6 Å². The highest BCUT2D eigenvalue weighted by Crippen LogP contribution is 2.24. The second-order valence-electron chi connectivity index (χ2n) is 6.46. The van der Waals surface area contributed by atoms with Crippen molar-refractivity contribution in [1.82, 2.24) is 9.80 Å². The van der Waals surface area contributed by atoms with Crippen LogP contribution in [0.3, 0.4) is 0 Å². The highest BCUT2D eigenvalue weighted by atomic mass is 32.1. The Hall–Kier alpha value is -1.85. The van der Waals surface area contributed by atoms with Crippen molar-refractivity contribution in [2.75, 3.05) is 33.3 Å². The van der Waals surface area contributed by atoms with Crippen molar-refractivity contribution in [2.45, 2.75) is 26.8 Å². The zero-order valence-electron chi connectivity index (χ0n) is 15.2. The summed E-state index contributed by atoms with van der Waals surface area (Å²) in [5, 5.41) is 0. The van der Waals surface area contributed by atoms with Gasteiger partial charge in [-0.3, -0.25) is 9.69 Å². The Morgan fingerprint density at radius 3 is 2.40 bits per heavy atom. The van der Waals surface area contributed by atoms with Gasteiger partial charge >= 0.3 is 0 Å². The van der Waals surface area contributed by atoms with E-state index in [9.17, 15) is 4.79 Å². The Kier molecular flexibility index (Phi) is 5.76. The van der Waals surface area contributed by atoms with Crippen molar-refractivity contribution < 1.29 is 9.53 Å². The van der Waals surface area contributed by atoms with Crippen LogP contribution in [0, 0.1) is 6.92 Å². The molecule has 5 heteroatoms. The van der Waals surface area contributed by atoms with Crippen molar-refractivity contribution in [3.63, 3.8) is 0 Å². The molecule has 1 aromatic heterocycles. The highest BCUT2D eigenvalue weighted by Gasteiger charge is 2.23. The van der Waals surface area contributed by atoms with Crippen LogP contribution in [-0.4, -0.2) is 49.0 Å². The van der Waals surface area contributed by atoms with Gasteiger partial charge in [0.15, 0.2) is 0 Å². The lowest BCUT2D eigenvalue weighted by atomic mass is 10.2. The van der Waals surface area contributed by atoms with Gasteiger partial charge < -0.3 is 9.64 Å². The first-order valence-corrected chi connectivity index (χ1v) is 9.66. The number of thiophene rings is 1. The molecular weight excluding hydrogens is 332 g/mol. The molecule has 2 heterocycles. The Morgan fingerprint density at radius 2 is 1.84 bits per heavy atom. The van der Waals surface area contributed by atoms with Crippen LogP contribution in [-0.2, 0) is 13.0 Å². The summed E-state index contributed by atoms with van der Waals surface area (Å²) in [6.07, 6.45) is 0.991. The van der Waals surface area contributed by atoms with Crippen molar-refractivity contribution in [2.24, 2.45) is 0 Å². The molecule has 0 aliphatic carbocycles. The summed E-state index contributed by atoms with van der Waals surface area (Å²) < 4.78 is 5.20. The Labute approximate surface area is 154 Å². The quantitative estimate of drug-likeness (QED) is 0.819. The molecular formula is C20H26N2O2S. The number of amides is 1. The van der Waals surface area contributed by atoms with E-state index < -0.39 is 0 Å². The number of carbonyl (C=O) groups excluding carboxylic acids is 1. The van der Waals surface area contributed by atoms with Crippen LogP contribution in [0.1, 0.15) is 32.6 Å². The zero-order valence-corrected chi connectivity index (χ0v) is 16.1. The van der Waals surface area contributed by atoms with Gasteiger partial charge in [-0.05, 0) is 42.7 Å². The molecule has 0 unspecified atom stereocenters. The summed E-state index contributed by atoms with van der Waals surface area (Å²) in [5.74, 6) is 1.08. The van der Waals surface area contributed by atoms with E-state index in [0.717, 1.165) is 49.8 Å². The lowest BCUT2D eigenvalue weighted by Crippen LogP contribution is -2.48. The molecule has 2 aromatic rings. The van der Waals surface area contributed by atoms with E-state index in [1.165, 1.54) is 16.0 Å². The van der Waals surface area contributed by atoms with Crippen molar-refractivity contribution in [3.05, 3.63) is 51.2 Å². The second kappa shape index (κ2) is 8.02. The minimum Gasteiger partial charge on any atom is -0.497 e. The SMILES string of the molecule is CCc1cc(C(=O)N2CCN(Cc3ccc(OC)cc3)CC2)sc1C. The Balaban J connectivity index is 1.54. The fourth-order valence-electron chi connectivity index (χ4n) is 3.23. The van der Waals surface area contributed by atoms with Gasteiger partial charge in [-0.25, -0.2) is 0 Å². The van der Waals surface area contributed by atoms with Crippen LogP contribution in [0.15, 0.2) is 30.3 Å². The molecule has 134 valence electrons. The third kappa shape index (κ3) is 4.22. The number of nitrogens with zero attached hydrogens (tertiary/aromatic N) is 2. The molecule has 0 N–H and O–H groups in total. The van der Waals surface area contributed by atoms with E-state index in [4.69, 9.17) is 4.74 Å². The van der Waals surface area contributed by atoms with Crippen molar-refractivity contribution in [3.8, 4) is 5.75 Å². The first kappa shape index (κ1) is 18.0. The first-order chi connectivity index (χ1) is 12.1. The Morgan fingerprint density at radius 1 is 1.16 bits per heavy atom. The summed E-state index contributed by atoms with van der Waals surface area (Å²) >= 11 is 1.63. The monoisotopic (exact) mass is 358 g/mol. The van der Waals surface area contributed by atoms with E-state index >= 15 is 0 Å². The smallest absolute Gasteiger partial charge is 0.264 e. The van der Waals surface area contributed by atoms with Crippen molar-refractivity contribution in [1.29, 1.82) is 0 Å². The number of benzene rings is 1. The summed E-state index contributed by atoms with van der Waals surface area (Å²) in [7, 11) is 1.68. The number of methoxy groups -OCH3 is 1. The van der Waals surface area contributed by atoms with Gasteiger partial charge in [0.25, 0.3) is 5.91 Å². The van der Waals surface area contributed by atoms with Gasteiger partial charge in [0.2, 0.25) is 0 Å². The van der Waals surface area contributed by atoms with Gasteiger partial charge in [-0.2, -0.15) is 0 Å². The Bertz CT molecular complexity index is 716. The van der Waals surface area contributed by atoms with Gasteiger partial charge in [0.1, 0.15) is 5.75 Å². The molecule has 1 amide bonds.